The van der Waals surface area contributed by atoms with Gasteiger partial charge in [-0.2, -0.15) is 0 Å². The average molecular weight is 405 g/mol. The number of rotatable bonds is 8. The van der Waals surface area contributed by atoms with E-state index in [2.05, 4.69) is 26.0 Å². The Balaban J connectivity index is 2.15. The van der Waals surface area contributed by atoms with Gasteiger partial charge in [0, 0.05) is 24.2 Å². The Morgan fingerprint density at radius 3 is 2.74 bits per heavy atom. The summed E-state index contributed by atoms with van der Waals surface area (Å²) in [6.07, 6.45) is 2.25. The van der Waals surface area contributed by atoms with Crippen LogP contribution in [0.2, 0.25) is 0 Å². The molecule has 128 valence electrons. The van der Waals surface area contributed by atoms with Gasteiger partial charge in [0.1, 0.15) is 0 Å². The number of amides is 1. The third kappa shape index (κ3) is 5.00. The molecule has 1 saturated carbocycles. The molecule has 1 unspecified atom stereocenters. The van der Waals surface area contributed by atoms with Crippen LogP contribution in [0.3, 0.4) is 0 Å². The predicted octanol–water partition coefficient (Wildman–Crippen LogP) is 1.90. The molecule has 0 aliphatic heterocycles. The molecule has 0 aromatic heterocycles. The van der Waals surface area contributed by atoms with Gasteiger partial charge in [-0.25, -0.2) is 13.1 Å². The average Bonchev–Trinajstić information content (AvgIpc) is 3.32. The third-order valence-electron chi connectivity index (χ3n) is 3.78. The third-order valence-corrected chi connectivity index (χ3v) is 5.93. The molecule has 0 spiro atoms. The minimum Gasteiger partial charge on any atom is -0.383 e. The van der Waals surface area contributed by atoms with Gasteiger partial charge >= 0.3 is 0 Å². The van der Waals surface area contributed by atoms with Crippen LogP contribution in [0.25, 0.3) is 0 Å². The van der Waals surface area contributed by atoms with Crippen LogP contribution in [-0.4, -0.2) is 40.6 Å². The van der Waals surface area contributed by atoms with E-state index < -0.39 is 10.0 Å². The first-order chi connectivity index (χ1) is 10.8. The Morgan fingerprint density at radius 2 is 2.13 bits per heavy atom. The number of ether oxygens (including phenoxy) is 1. The van der Waals surface area contributed by atoms with Gasteiger partial charge in [-0.3, -0.25) is 4.79 Å². The summed E-state index contributed by atoms with van der Waals surface area (Å²) in [5.74, 6) is 0.255. The van der Waals surface area contributed by atoms with Gasteiger partial charge in [-0.05, 0) is 59.8 Å². The first kappa shape index (κ1) is 18.4. The van der Waals surface area contributed by atoms with E-state index in [9.17, 15) is 13.2 Å². The minimum atomic E-state index is -3.67. The summed E-state index contributed by atoms with van der Waals surface area (Å²) < 4.78 is 32.3. The van der Waals surface area contributed by atoms with Crippen LogP contribution in [0.4, 0.5) is 0 Å². The van der Waals surface area contributed by atoms with Crippen LogP contribution in [0, 0.1) is 5.92 Å². The first-order valence-electron chi connectivity index (χ1n) is 7.44. The minimum absolute atomic E-state index is 0.0565. The summed E-state index contributed by atoms with van der Waals surface area (Å²) in [6, 6.07) is 4.50. The van der Waals surface area contributed by atoms with Crippen LogP contribution in [0.5, 0.6) is 0 Å². The van der Waals surface area contributed by atoms with Gasteiger partial charge in [0.2, 0.25) is 10.0 Å². The Bertz CT molecular complexity index is 674. The van der Waals surface area contributed by atoms with Crippen LogP contribution < -0.4 is 10.0 Å². The zero-order chi connectivity index (χ0) is 17.0. The molecule has 23 heavy (non-hydrogen) atoms. The highest BCUT2D eigenvalue weighted by molar-refractivity contribution is 9.10. The van der Waals surface area contributed by atoms with Crippen molar-refractivity contribution in [3.8, 4) is 0 Å². The summed E-state index contributed by atoms with van der Waals surface area (Å²) >= 11 is 3.31. The predicted molar refractivity (Wildman–Crippen MR) is 90.9 cm³/mol. The van der Waals surface area contributed by atoms with E-state index in [1.165, 1.54) is 19.2 Å². The van der Waals surface area contributed by atoms with E-state index in [1.807, 2.05) is 6.92 Å². The monoisotopic (exact) mass is 404 g/mol. The molecule has 2 N–H and O–H groups in total. The summed E-state index contributed by atoms with van der Waals surface area (Å²) in [4.78, 5) is 12.4. The molecule has 0 heterocycles. The van der Waals surface area contributed by atoms with Gasteiger partial charge in [-0.15, -0.1) is 0 Å². The van der Waals surface area contributed by atoms with Gasteiger partial charge in [0.05, 0.1) is 17.1 Å². The number of benzene rings is 1. The Hall–Kier alpha value is -0.960. The van der Waals surface area contributed by atoms with E-state index in [-0.39, 0.29) is 30.0 Å². The molecule has 1 aliphatic carbocycles. The van der Waals surface area contributed by atoms with Crippen molar-refractivity contribution >= 4 is 31.9 Å². The van der Waals surface area contributed by atoms with Gasteiger partial charge in [0.25, 0.3) is 5.91 Å². The molecule has 0 radical (unpaired) electrons. The van der Waals surface area contributed by atoms with Crippen molar-refractivity contribution in [1.29, 1.82) is 0 Å². The molecule has 1 atom stereocenters. The van der Waals surface area contributed by atoms with Crippen molar-refractivity contribution in [2.45, 2.75) is 30.7 Å². The van der Waals surface area contributed by atoms with Crippen molar-refractivity contribution in [3.05, 3.63) is 28.2 Å². The molecular weight excluding hydrogens is 384 g/mol. The lowest BCUT2D eigenvalue weighted by atomic mass is 10.1. The molecular formula is C15H21BrN2O4S. The topological polar surface area (TPSA) is 84.5 Å². The normalized spacial score (nSPS) is 16.1. The molecule has 2 rings (SSSR count). The Labute approximate surface area is 145 Å². The van der Waals surface area contributed by atoms with Gasteiger partial charge < -0.3 is 10.1 Å². The number of halogens is 1. The fourth-order valence-corrected chi connectivity index (χ4v) is 3.67. The maximum Gasteiger partial charge on any atom is 0.252 e. The molecule has 1 fully saturated rings. The number of methoxy groups -OCH3 is 1. The largest absolute Gasteiger partial charge is 0.383 e. The van der Waals surface area contributed by atoms with Crippen molar-refractivity contribution in [3.63, 3.8) is 0 Å². The lowest BCUT2D eigenvalue weighted by Gasteiger charge is -2.14. The lowest BCUT2D eigenvalue weighted by molar-refractivity contribution is 0.0935. The summed E-state index contributed by atoms with van der Waals surface area (Å²) in [5.41, 5.74) is 0.312. The number of sulfonamides is 1. The zero-order valence-electron chi connectivity index (χ0n) is 13.1. The molecule has 0 saturated heterocycles. The quantitative estimate of drug-likeness (QED) is 0.647. The SMILES string of the molecule is COCCNS(=O)(=O)c1ccc(Br)c(C(=O)NC(C)C2CC2)c1. The first-order valence-corrected chi connectivity index (χ1v) is 9.72. The number of hydrogen-bond donors (Lipinski definition) is 2. The molecule has 8 heteroatoms. The highest BCUT2D eigenvalue weighted by atomic mass is 79.9. The van der Waals surface area contributed by atoms with E-state index in [4.69, 9.17) is 4.74 Å². The van der Waals surface area contributed by atoms with Gasteiger partial charge in [-0.1, -0.05) is 0 Å². The van der Waals surface area contributed by atoms with Crippen molar-refractivity contribution in [1.82, 2.24) is 10.0 Å². The van der Waals surface area contributed by atoms with Crippen LogP contribution in [0.1, 0.15) is 30.1 Å². The molecule has 1 amide bonds. The fourth-order valence-electron chi connectivity index (χ4n) is 2.21. The van der Waals surface area contributed by atoms with E-state index in [0.29, 0.717) is 16.0 Å². The van der Waals surface area contributed by atoms with E-state index in [1.54, 1.807) is 6.07 Å². The number of nitrogens with one attached hydrogen (secondary N) is 2. The second kappa shape index (κ2) is 7.74. The number of carbonyl (C=O) groups excluding carboxylic acids is 1. The number of hydrogen-bond acceptors (Lipinski definition) is 4. The summed E-state index contributed by atoms with van der Waals surface area (Å²) in [5, 5.41) is 2.93. The zero-order valence-corrected chi connectivity index (χ0v) is 15.5. The lowest BCUT2D eigenvalue weighted by Crippen LogP contribution is -2.34. The smallest absolute Gasteiger partial charge is 0.252 e. The van der Waals surface area contributed by atoms with Crippen molar-refractivity contribution < 1.29 is 17.9 Å². The maximum absolute atomic E-state index is 12.4. The van der Waals surface area contributed by atoms with E-state index in [0.717, 1.165) is 12.8 Å². The fraction of sp³-hybridized carbons (Fsp3) is 0.533. The molecule has 6 nitrogen and oxygen atoms in total. The van der Waals surface area contributed by atoms with Crippen molar-refractivity contribution in [2.75, 3.05) is 20.3 Å². The van der Waals surface area contributed by atoms with E-state index >= 15 is 0 Å². The Morgan fingerprint density at radius 1 is 1.43 bits per heavy atom. The van der Waals surface area contributed by atoms with Crippen LogP contribution in [0.15, 0.2) is 27.6 Å². The standard InChI is InChI=1S/C15H21BrN2O4S/c1-10(11-3-4-11)18-15(19)13-9-12(5-6-14(13)16)23(20,21)17-7-8-22-2/h5-6,9-11,17H,3-4,7-8H2,1-2H3,(H,18,19). The highest BCUT2D eigenvalue weighted by Gasteiger charge is 2.29. The Kier molecular flexibility index (Phi) is 6.19. The number of carbonyl (C=O) groups is 1. The van der Waals surface area contributed by atoms with Crippen LogP contribution >= 0.6 is 15.9 Å². The molecule has 1 aromatic rings. The van der Waals surface area contributed by atoms with Crippen molar-refractivity contribution in [2.24, 2.45) is 5.92 Å². The summed E-state index contributed by atoms with van der Waals surface area (Å²) in [6.45, 7) is 2.42. The molecule has 1 aromatic carbocycles. The molecule has 1 aliphatic rings. The second-order valence-corrected chi connectivity index (χ2v) is 8.25. The molecule has 0 bridgehead atoms. The summed E-state index contributed by atoms with van der Waals surface area (Å²) in [7, 11) is -2.17. The maximum atomic E-state index is 12.4. The van der Waals surface area contributed by atoms with Gasteiger partial charge in [0.15, 0.2) is 0 Å². The second-order valence-electron chi connectivity index (χ2n) is 5.63. The van der Waals surface area contributed by atoms with Crippen LogP contribution in [-0.2, 0) is 14.8 Å². The highest BCUT2D eigenvalue weighted by Crippen LogP contribution is 2.32.